The predicted octanol–water partition coefficient (Wildman–Crippen LogP) is 4.83. The first-order chi connectivity index (χ1) is 16.0. The van der Waals surface area contributed by atoms with Crippen LogP contribution in [0.3, 0.4) is 0 Å². The maximum absolute atomic E-state index is 13.1. The number of nitro benzene ring substituents is 1. The van der Waals surface area contributed by atoms with Crippen molar-refractivity contribution in [1.82, 2.24) is 4.90 Å². The minimum Gasteiger partial charge on any atom is -0.325 e. The van der Waals surface area contributed by atoms with Gasteiger partial charge >= 0.3 is 0 Å². The molecule has 0 spiro atoms. The van der Waals surface area contributed by atoms with Gasteiger partial charge in [-0.1, -0.05) is 43.3 Å². The van der Waals surface area contributed by atoms with Crippen molar-refractivity contribution in [2.24, 2.45) is 4.99 Å². The van der Waals surface area contributed by atoms with E-state index < -0.39 is 10.8 Å². The number of hydrogen-bond acceptors (Lipinski definition) is 5. The van der Waals surface area contributed by atoms with E-state index in [0.717, 1.165) is 37.3 Å². The van der Waals surface area contributed by atoms with Crippen LogP contribution in [0, 0.1) is 10.1 Å². The molecule has 166 valence electrons. The first-order valence-electron chi connectivity index (χ1n) is 11.1. The lowest BCUT2D eigenvalue weighted by molar-refractivity contribution is -0.384. The van der Waals surface area contributed by atoms with Crippen LogP contribution in [0.15, 0.2) is 71.7 Å². The Kier molecular flexibility index (Phi) is 5.48. The molecule has 3 aromatic rings. The molecule has 1 atom stereocenters. The van der Waals surface area contributed by atoms with Gasteiger partial charge in [-0.05, 0) is 47.9 Å². The van der Waals surface area contributed by atoms with Crippen LogP contribution in [0.2, 0.25) is 0 Å². The zero-order valence-electron chi connectivity index (χ0n) is 18.3. The van der Waals surface area contributed by atoms with Gasteiger partial charge in [-0.25, -0.2) is 0 Å². The number of benzene rings is 3. The lowest BCUT2D eigenvalue weighted by atomic mass is 9.90. The monoisotopic (exact) mass is 440 g/mol. The average Bonchev–Trinajstić information content (AvgIpc) is 3.17. The summed E-state index contributed by atoms with van der Waals surface area (Å²) < 4.78 is 0. The first-order valence-corrected chi connectivity index (χ1v) is 11.1. The SMILES string of the molecule is CCN1CCc2cc(N=C(c3ccccc3)C3C(=O)Nc4ccc([N+](=O)[O-])cc43)ccc2C1. The molecule has 3 aromatic carbocycles. The molecular formula is C26H24N4O3. The largest absolute Gasteiger partial charge is 0.325 e. The highest BCUT2D eigenvalue weighted by molar-refractivity contribution is 6.24. The second kappa shape index (κ2) is 8.60. The summed E-state index contributed by atoms with van der Waals surface area (Å²) in [7, 11) is 0. The Morgan fingerprint density at radius 2 is 1.94 bits per heavy atom. The Balaban J connectivity index is 1.61. The van der Waals surface area contributed by atoms with E-state index in [1.807, 2.05) is 36.4 Å². The van der Waals surface area contributed by atoms with E-state index in [1.165, 1.54) is 23.3 Å². The van der Waals surface area contributed by atoms with Crippen molar-refractivity contribution in [2.75, 3.05) is 18.4 Å². The Bertz CT molecular complexity index is 1270. The summed E-state index contributed by atoms with van der Waals surface area (Å²) >= 11 is 0. The van der Waals surface area contributed by atoms with E-state index >= 15 is 0 Å². The van der Waals surface area contributed by atoms with Crippen LogP contribution in [0.25, 0.3) is 0 Å². The number of anilines is 1. The van der Waals surface area contributed by atoms with E-state index in [-0.39, 0.29) is 11.6 Å². The molecule has 1 unspecified atom stereocenters. The molecule has 0 bridgehead atoms. The summed E-state index contributed by atoms with van der Waals surface area (Å²) in [5, 5.41) is 14.2. The summed E-state index contributed by atoms with van der Waals surface area (Å²) in [4.78, 5) is 31.3. The maximum Gasteiger partial charge on any atom is 0.269 e. The Morgan fingerprint density at radius 3 is 2.70 bits per heavy atom. The van der Waals surface area contributed by atoms with E-state index in [4.69, 9.17) is 4.99 Å². The number of nitro groups is 1. The fraction of sp³-hybridized carbons (Fsp3) is 0.231. The summed E-state index contributed by atoms with van der Waals surface area (Å²) in [6, 6.07) is 20.2. The lowest BCUT2D eigenvalue weighted by Crippen LogP contribution is -2.30. The lowest BCUT2D eigenvalue weighted by Gasteiger charge is -2.27. The summed E-state index contributed by atoms with van der Waals surface area (Å²) in [6.45, 7) is 5.15. The fourth-order valence-corrected chi connectivity index (χ4v) is 4.62. The average molecular weight is 441 g/mol. The molecule has 0 fully saturated rings. The topological polar surface area (TPSA) is 87.8 Å². The fourth-order valence-electron chi connectivity index (χ4n) is 4.62. The maximum atomic E-state index is 13.1. The molecule has 1 amide bonds. The zero-order chi connectivity index (χ0) is 22.9. The van der Waals surface area contributed by atoms with Gasteiger partial charge in [0.05, 0.1) is 16.3 Å². The van der Waals surface area contributed by atoms with Crippen molar-refractivity contribution < 1.29 is 9.72 Å². The number of nitrogens with zero attached hydrogens (tertiary/aromatic N) is 3. The van der Waals surface area contributed by atoms with Gasteiger partial charge in [-0.2, -0.15) is 0 Å². The molecule has 2 aliphatic heterocycles. The normalized spacial score (nSPS) is 17.9. The number of fused-ring (bicyclic) bond motifs is 2. The molecule has 0 saturated heterocycles. The molecule has 5 rings (SSSR count). The van der Waals surface area contributed by atoms with Gasteiger partial charge in [0, 0.05) is 36.5 Å². The van der Waals surface area contributed by atoms with Crippen molar-refractivity contribution in [3.63, 3.8) is 0 Å². The third-order valence-electron chi connectivity index (χ3n) is 6.40. The number of hydrogen-bond donors (Lipinski definition) is 1. The van der Waals surface area contributed by atoms with Crippen LogP contribution in [0.1, 0.15) is 35.1 Å². The first kappa shape index (κ1) is 21.0. The molecule has 2 heterocycles. The summed E-state index contributed by atoms with van der Waals surface area (Å²) in [6.07, 6.45) is 0.964. The Hall–Kier alpha value is -3.84. The van der Waals surface area contributed by atoms with E-state index in [0.29, 0.717) is 17.0 Å². The number of likely N-dealkylation sites (N-methyl/N-ethyl adjacent to an activating group) is 1. The molecule has 7 nitrogen and oxygen atoms in total. The number of aliphatic imine (C=N–C) groups is 1. The zero-order valence-corrected chi connectivity index (χ0v) is 18.3. The highest BCUT2D eigenvalue weighted by Gasteiger charge is 2.36. The van der Waals surface area contributed by atoms with E-state index in [1.54, 1.807) is 6.07 Å². The molecule has 2 aliphatic rings. The summed E-state index contributed by atoms with van der Waals surface area (Å²) in [5.74, 6) is -0.960. The second-order valence-electron chi connectivity index (χ2n) is 8.39. The van der Waals surface area contributed by atoms with Crippen molar-refractivity contribution in [3.05, 3.63) is 99.1 Å². The number of carbonyl (C=O) groups excluding carboxylic acids is 1. The van der Waals surface area contributed by atoms with Gasteiger partial charge in [0.25, 0.3) is 5.69 Å². The van der Waals surface area contributed by atoms with Crippen LogP contribution in [-0.4, -0.2) is 34.5 Å². The number of rotatable bonds is 5. The van der Waals surface area contributed by atoms with E-state index in [9.17, 15) is 14.9 Å². The van der Waals surface area contributed by atoms with Crippen LogP contribution in [0.4, 0.5) is 17.1 Å². The molecular weight excluding hydrogens is 416 g/mol. The minimum atomic E-state index is -0.728. The third-order valence-corrected chi connectivity index (χ3v) is 6.40. The third kappa shape index (κ3) is 4.03. The van der Waals surface area contributed by atoms with E-state index in [2.05, 4.69) is 29.3 Å². The minimum absolute atomic E-state index is 0.0445. The molecule has 0 aliphatic carbocycles. The van der Waals surface area contributed by atoms with Crippen molar-refractivity contribution in [2.45, 2.75) is 25.8 Å². The van der Waals surface area contributed by atoms with Crippen LogP contribution in [0.5, 0.6) is 0 Å². The van der Waals surface area contributed by atoms with Crippen molar-refractivity contribution >= 4 is 28.7 Å². The van der Waals surface area contributed by atoms with Crippen LogP contribution in [-0.2, 0) is 17.8 Å². The molecule has 0 saturated carbocycles. The van der Waals surface area contributed by atoms with Gasteiger partial charge in [-0.3, -0.25) is 24.8 Å². The molecule has 0 radical (unpaired) electrons. The number of amides is 1. The summed E-state index contributed by atoms with van der Waals surface area (Å²) in [5.41, 5.74) is 5.88. The molecule has 7 heteroatoms. The second-order valence-corrected chi connectivity index (χ2v) is 8.39. The standard InChI is InChI=1S/C26H24N4O3/c1-2-29-13-12-18-14-20(9-8-19(18)16-29)27-25(17-6-4-3-5-7-17)24-22-15-21(30(32)33)10-11-23(22)28-26(24)31/h3-11,14-15,24H,2,12-13,16H2,1H3,(H,28,31). The highest BCUT2D eigenvalue weighted by atomic mass is 16.6. The van der Waals surface area contributed by atoms with Gasteiger partial charge in [-0.15, -0.1) is 0 Å². The molecule has 1 N–H and O–H groups in total. The number of non-ortho nitro benzene ring substituents is 1. The van der Waals surface area contributed by atoms with Gasteiger partial charge < -0.3 is 5.32 Å². The van der Waals surface area contributed by atoms with Crippen molar-refractivity contribution in [1.29, 1.82) is 0 Å². The predicted molar refractivity (Wildman–Crippen MR) is 128 cm³/mol. The van der Waals surface area contributed by atoms with Crippen LogP contribution < -0.4 is 5.32 Å². The number of nitrogens with one attached hydrogen (secondary N) is 1. The van der Waals surface area contributed by atoms with Crippen LogP contribution >= 0.6 is 0 Å². The van der Waals surface area contributed by atoms with Crippen molar-refractivity contribution in [3.8, 4) is 0 Å². The molecule has 33 heavy (non-hydrogen) atoms. The Labute approximate surface area is 191 Å². The number of carbonyl (C=O) groups is 1. The van der Waals surface area contributed by atoms with Gasteiger partial charge in [0.1, 0.15) is 5.92 Å². The highest BCUT2D eigenvalue weighted by Crippen LogP contribution is 2.38. The smallest absolute Gasteiger partial charge is 0.269 e. The Morgan fingerprint density at radius 1 is 1.12 bits per heavy atom. The van der Waals surface area contributed by atoms with Gasteiger partial charge in [0.2, 0.25) is 5.91 Å². The van der Waals surface area contributed by atoms with Gasteiger partial charge in [0.15, 0.2) is 0 Å². The molecule has 0 aromatic heterocycles. The quantitative estimate of drug-likeness (QED) is 0.350.